The van der Waals surface area contributed by atoms with Crippen LogP contribution in [0, 0.1) is 0 Å². The van der Waals surface area contributed by atoms with Gasteiger partial charge in [-0.2, -0.15) is 9.78 Å². The third kappa shape index (κ3) is 4.02. The van der Waals surface area contributed by atoms with Gasteiger partial charge in [0.25, 0.3) is 5.91 Å². The number of nitrogens with two attached hydrogens (primary N) is 1. The molecule has 1 saturated carbocycles. The first-order valence-electron chi connectivity index (χ1n) is 9.41. The Kier molecular flexibility index (Phi) is 5.58. The van der Waals surface area contributed by atoms with Crippen molar-refractivity contribution in [3.05, 3.63) is 11.4 Å². The number of hydrazone groups is 1. The summed E-state index contributed by atoms with van der Waals surface area (Å²) in [6, 6.07) is 0. The molecule has 0 bridgehead atoms. The van der Waals surface area contributed by atoms with Crippen molar-refractivity contribution in [1.29, 1.82) is 0 Å². The van der Waals surface area contributed by atoms with Gasteiger partial charge in [0.15, 0.2) is 5.69 Å². The van der Waals surface area contributed by atoms with Crippen LogP contribution in [0.1, 0.15) is 48.3 Å². The lowest BCUT2D eigenvalue weighted by Crippen LogP contribution is -2.36. The molecule has 2 aromatic heterocycles. The zero-order chi connectivity index (χ0) is 19.3. The van der Waals surface area contributed by atoms with Gasteiger partial charge < -0.3 is 10.5 Å². The number of ether oxygens (including phenoxy) is 1. The van der Waals surface area contributed by atoms with E-state index < -0.39 is 5.91 Å². The van der Waals surface area contributed by atoms with Crippen molar-refractivity contribution in [2.45, 2.75) is 38.6 Å². The SMILES string of the molecule is Nc1nonc1-n1nnc(CN2CCOCC2)c1C(=O)NN=C1CCCCC1. The Morgan fingerprint density at radius 1 is 1.18 bits per heavy atom. The van der Waals surface area contributed by atoms with E-state index in [0.717, 1.165) is 44.5 Å². The Hall–Kier alpha value is -2.86. The van der Waals surface area contributed by atoms with E-state index in [1.807, 2.05) is 0 Å². The van der Waals surface area contributed by atoms with E-state index in [0.29, 0.717) is 25.5 Å². The standard InChI is InChI=1S/C16H23N9O3/c17-14-15(22-28-21-14)25-13(16(26)20-18-11-4-2-1-3-5-11)12(19-23-25)10-24-6-8-27-9-7-24/h1-10H2,(H2,17,21)(H,20,26). The molecule has 150 valence electrons. The number of anilines is 1. The smallest absolute Gasteiger partial charge is 0.292 e. The summed E-state index contributed by atoms with van der Waals surface area (Å²) in [6.07, 6.45) is 5.19. The number of amides is 1. The highest BCUT2D eigenvalue weighted by molar-refractivity contribution is 5.95. The van der Waals surface area contributed by atoms with Crippen LogP contribution >= 0.6 is 0 Å². The van der Waals surface area contributed by atoms with E-state index in [1.165, 1.54) is 11.1 Å². The topological polar surface area (TPSA) is 150 Å². The number of hydrogen-bond acceptors (Lipinski definition) is 10. The molecule has 1 aliphatic heterocycles. The fraction of sp³-hybridized carbons (Fsp3) is 0.625. The number of morpholine rings is 1. The molecule has 0 radical (unpaired) electrons. The van der Waals surface area contributed by atoms with Crippen LogP contribution in [0.25, 0.3) is 5.82 Å². The summed E-state index contributed by atoms with van der Waals surface area (Å²) in [5.74, 6) is -0.277. The van der Waals surface area contributed by atoms with Crippen LogP contribution < -0.4 is 11.2 Å². The molecule has 28 heavy (non-hydrogen) atoms. The predicted octanol–water partition coefficient (Wildman–Crippen LogP) is 0.115. The van der Waals surface area contributed by atoms with E-state index in [-0.39, 0.29) is 17.3 Å². The molecule has 3 N–H and O–H groups in total. The van der Waals surface area contributed by atoms with E-state index in [4.69, 9.17) is 10.5 Å². The number of nitrogens with one attached hydrogen (secondary N) is 1. The summed E-state index contributed by atoms with van der Waals surface area (Å²) in [7, 11) is 0. The zero-order valence-electron chi connectivity index (χ0n) is 15.5. The molecule has 0 spiro atoms. The normalized spacial score (nSPS) is 18.2. The maximum absolute atomic E-state index is 13.0. The van der Waals surface area contributed by atoms with Gasteiger partial charge in [0.1, 0.15) is 5.69 Å². The van der Waals surface area contributed by atoms with Crippen molar-refractivity contribution in [2.75, 3.05) is 32.0 Å². The monoisotopic (exact) mass is 389 g/mol. The maximum atomic E-state index is 13.0. The van der Waals surface area contributed by atoms with Gasteiger partial charge >= 0.3 is 0 Å². The van der Waals surface area contributed by atoms with Crippen LogP contribution in [0.2, 0.25) is 0 Å². The Labute approximate surface area is 161 Å². The van der Waals surface area contributed by atoms with Crippen LogP contribution in [0.3, 0.4) is 0 Å². The highest BCUT2D eigenvalue weighted by atomic mass is 16.6. The van der Waals surface area contributed by atoms with E-state index in [9.17, 15) is 4.79 Å². The number of nitrogen functional groups attached to an aromatic ring is 1. The number of rotatable bonds is 5. The highest BCUT2D eigenvalue weighted by Gasteiger charge is 2.26. The molecule has 12 heteroatoms. The minimum Gasteiger partial charge on any atom is -0.379 e. The highest BCUT2D eigenvalue weighted by Crippen LogP contribution is 2.18. The van der Waals surface area contributed by atoms with Crippen molar-refractivity contribution < 1.29 is 14.2 Å². The quantitative estimate of drug-likeness (QED) is 0.679. The summed E-state index contributed by atoms with van der Waals surface area (Å²) < 4.78 is 11.3. The third-order valence-corrected chi connectivity index (χ3v) is 4.87. The molecule has 2 aliphatic rings. The lowest BCUT2D eigenvalue weighted by atomic mass is 9.99. The third-order valence-electron chi connectivity index (χ3n) is 4.87. The number of carbonyl (C=O) groups is 1. The van der Waals surface area contributed by atoms with Gasteiger partial charge in [-0.1, -0.05) is 11.6 Å². The number of hydrogen-bond donors (Lipinski definition) is 2. The Bertz CT molecular complexity index is 845. The van der Waals surface area contributed by atoms with Crippen LogP contribution in [0.5, 0.6) is 0 Å². The van der Waals surface area contributed by atoms with Crippen molar-refractivity contribution in [2.24, 2.45) is 5.10 Å². The van der Waals surface area contributed by atoms with Gasteiger partial charge in [-0.3, -0.25) is 9.69 Å². The zero-order valence-corrected chi connectivity index (χ0v) is 15.5. The molecule has 0 unspecified atom stereocenters. The van der Waals surface area contributed by atoms with Crippen LogP contribution in [-0.2, 0) is 11.3 Å². The molecule has 1 amide bonds. The van der Waals surface area contributed by atoms with Crippen LogP contribution in [0.4, 0.5) is 5.82 Å². The van der Waals surface area contributed by atoms with E-state index >= 15 is 0 Å². The van der Waals surface area contributed by atoms with Crippen LogP contribution in [-0.4, -0.2) is 68.1 Å². The summed E-state index contributed by atoms with van der Waals surface area (Å²) in [6.45, 7) is 3.24. The molecule has 0 aromatic carbocycles. The minimum atomic E-state index is -0.422. The largest absolute Gasteiger partial charge is 0.379 e. The fourth-order valence-corrected chi connectivity index (χ4v) is 3.36. The Balaban J connectivity index is 1.60. The van der Waals surface area contributed by atoms with Gasteiger partial charge in [0, 0.05) is 25.3 Å². The lowest BCUT2D eigenvalue weighted by molar-refractivity contribution is 0.0335. The van der Waals surface area contributed by atoms with Gasteiger partial charge in [-0.15, -0.1) is 5.10 Å². The second-order valence-corrected chi connectivity index (χ2v) is 6.84. The van der Waals surface area contributed by atoms with Gasteiger partial charge in [0.05, 0.1) is 13.2 Å². The second kappa shape index (κ2) is 8.44. The molecule has 3 heterocycles. The average molecular weight is 389 g/mol. The number of carbonyl (C=O) groups excluding carboxylic acids is 1. The van der Waals surface area contributed by atoms with E-state index in [1.54, 1.807) is 0 Å². The molecule has 12 nitrogen and oxygen atoms in total. The van der Waals surface area contributed by atoms with Crippen molar-refractivity contribution >= 4 is 17.4 Å². The first-order chi connectivity index (χ1) is 13.7. The summed E-state index contributed by atoms with van der Waals surface area (Å²) in [5.41, 5.74) is 10.1. The molecular formula is C16H23N9O3. The summed E-state index contributed by atoms with van der Waals surface area (Å²) >= 11 is 0. The van der Waals surface area contributed by atoms with Crippen molar-refractivity contribution in [3.8, 4) is 5.82 Å². The molecule has 0 atom stereocenters. The van der Waals surface area contributed by atoms with Crippen LogP contribution in [0.15, 0.2) is 9.73 Å². The van der Waals surface area contributed by atoms with Crippen molar-refractivity contribution in [3.63, 3.8) is 0 Å². The van der Waals surface area contributed by atoms with Gasteiger partial charge in [0.2, 0.25) is 11.6 Å². The minimum absolute atomic E-state index is 0.0236. The maximum Gasteiger partial charge on any atom is 0.292 e. The summed E-state index contributed by atoms with van der Waals surface area (Å²) in [4.78, 5) is 15.1. The predicted molar refractivity (Wildman–Crippen MR) is 97.7 cm³/mol. The van der Waals surface area contributed by atoms with Gasteiger partial charge in [-0.05, 0) is 36.0 Å². The first-order valence-corrected chi connectivity index (χ1v) is 9.41. The van der Waals surface area contributed by atoms with Crippen molar-refractivity contribution in [1.82, 2.24) is 35.6 Å². The molecule has 2 aromatic rings. The summed E-state index contributed by atoms with van der Waals surface area (Å²) in [5, 5.41) is 19.8. The second-order valence-electron chi connectivity index (χ2n) is 6.84. The molecule has 1 saturated heterocycles. The molecule has 2 fully saturated rings. The Morgan fingerprint density at radius 3 is 2.68 bits per heavy atom. The number of nitrogens with zero attached hydrogens (tertiary/aromatic N) is 7. The Morgan fingerprint density at radius 2 is 1.96 bits per heavy atom. The van der Waals surface area contributed by atoms with Gasteiger partial charge in [-0.25, -0.2) is 10.1 Å². The molecule has 4 rings (SSSR count). The molecular weight excluding hydrogens is 366 g/mol. The molecule has 1 aliphatic carbocycles. The fourth-order valence-electron chi connectivity index (χ4n) is 3.36. The first kappa shape index (κ1) is 18.5. The lowest BCUT2D eigenvalue weighted by Gasteiger charge is -2.25. The van der Waals surface area contributed by atoms with E-state index in [2.05, 4.69) is 40.7 Å². The number of aromatic nitrogens is 5. The average Bonchev–Trinajstić information content (AvgIpc) is 3.33.